The summed E-state index contributed by atoms with van der Waals surface area (Å²) >= 11 is 0. The van der Waals surface area contributed by atoms with E-state index in [-0.39, 0.29) is 6.04 Å². The third-order valence-corrected chi connectivity index (χ3v) is 3.73. The van der Waals surface area contributed by atoms with Crippen LogP contribution < -0.4 is 0 Å². The molecule has 106 valence electrons. The molecule has 0 fully saturated rings. The number of aliphatic hydroxyl groups is 1. The summed E-state index contributed by atoms with van der Waals surface area (Å²) in [6.45, 7) is 4.87. The largest absolute Gasteiger partial charge is 0.387 e. The van der Waals surface area contributed by atoms with Crippen molar-refractivity contribution in [3.05, 3.63) is 65.5 Å². The molecular formula is C17H22N2O. The van der Waals surface area contributed by atoms with Gasteiger partial charge in [0.2, 0.25) is 0 Å². The lowest BCUT2D eigenvalue weighted by Crippen LogP contribution is -2.34. The first-order chi connectivity index (χ1) is 9.58. The molecule has 0 saturated heterocycles. The number of aryl methyl sites for hydroxylation is 1. The van der Waals surface area contributed by atoms with Crippen molar-refractivity contribution in [2.75, 3.05) is 7.05 Å². The molecule has 2 atom stereocenters. The van der Waals surface area contributed by atoms with Crippen LogP contribution in [0.3, 0.4) is 0 Å². The molecule has 0 radical (unpaired) electrons. The van der Waals surface area contributed by atoms with E-state index >= 15 is 0 Å². The highest BCUT2D eigenvalue weighted by atomic mass is 16.3. The molecule has 0 spiro atoms. The van der Waals surface area contributed by atoms with Crippen molar-refractivity contribution < 1.29 is 5.11 Å². The second kappa shape index (κ2) is 6.64. The van der Waals surface area contributed by atoms with Gasteiger partial charge in [-0.15, -0.1) is 0 Å². The van der Waals surface area contributed by atoms with E-state index in [1.54, 1.807) is 6.20 Å². The van der Waals surface area contributed by atoms with Crippen LogP contribution in [0.2, 0.25) is 0 Å². The number of hydrogen-bond donors (Lipinski definition) is 1. The highest BCUT2D eigenvalue weighted by Crippen LogP contribution is 2.21. The number of nitrogens with zero attached hydrogens (tertiary/aromatic N) is 2. The van der Waals surface area contributed by atoms with Crippen molar-refractivity contribution in [3.8, 4) is 0 Å². The summed E-state index contributed by atoms with van der Waals surface area (Å²) in [6.07, 6.45) is 3.15. The molecule has 0 aliphatic rings. The van der Waals surface area contributed by atoms with Crippen molar-refractivity contribution in [2.45, 2.75) is 32.5 Å². The van der Waals surface area contributed by atoms with Crippen LogP contribution in [0.1, 0.15) is 29.7 Å². The first-order valence-corrected chi connectivity index (χ1v) is 6.91. The van der Waals surface area contributed by atoms with Crippen molar-refractivity contribution >= 4 is 0 Å². The Morgan fingerprint density at radius 1 is 1.20 bits per heavy atom. The highest BCUT2D eigenvalue weighted by Gasteiger charge is 2.20. The predicted octanol–water partition coefficient (Wildman–Crippen LogP) is 2.94. The summed E-state index contributed by atoms with van der Waals surface area (Å²) in [5.74, 6) is 0. The van der Waals surface area contributed by atoms with Gasteiger partial charge in [-0.3, -0.25) is 9.88 Å². The van der Waals surface area contributed by atoms with Gasteiger partial charge in [-0.25, -0.2) is 0 Å². The van der Waals surface area contributed by atoms with Gasteiger partial charge in [-0.1, -0.05) is 35.9 Å². The first-order valence-electron chi connectivity index (χ1n) is 6.91. The van der Waals surface area contributed by atoms with Crippen LogP contribution in [0.15, 0.2) is 48.8 Å². The molecule has 0 bridgehead atoms. The zero-order valence-electron chi connectivity index (χ0n) is 12.3. The lowest BCUT2D eigenvalue weighted by Gasteiger charge is -2.29. The van der Waals surface area contributed by atoms with Crippen molar-refractivity contribution in [1.29, 1.82) is 0 Å². The molecule has 1 aromatic heterocycles. The standard InChI is InChI=1S/C17H22N2O/c1-13-6-8-16(9-7-13)17(20)14(2)19(3)12-15-5-4-10-18-11-15/h4-11,14,17,20H,12H2,1-3H3. The van der Waals surface area contributed by atoms with E-state index in [9.17, 15) is 5.11 Å². The molecule has 2 aromatic rings. The SMILES string of the molecule is Cc1ccc(C(O)C(C)N(C)Cc2cccnc2)cc1. The average molecular weight is 270 g/mol. The topological polar surface area (TPSA) is 36.4 Å². The van der Waals surface area contributed by atoms with E-state index in [4.69, 9.17) is 0 Å². The number of hydrogen-bond acceptors (Lipinski definition) is 3. The lowest BCUT2D eigenvalue weighted by molar-refractivity contribution is 0.0688. The van der Waals surface area contributed by atoms with Crippen LogP contribution in [0.5, 0.6) is 0 Å². The Morgan fingerprint density at radius 2 is 1.90 bits per heavy atom. The van der Waals surface area contributed by atoms with Gasteiger partial charge in [0.15, 0.2) is 0 Å². The normalized spacial score (nSPS) is 14.2. The molecule has 3 nitrogen and oxygen atoms in total. The Balaban J connectivity index is 2.02. The molecular weight excluding hydrogens is 248 g/mol. The molecule has 1 heterocycles. The second-order valence-electron chi connectivity index (χ2n) is 5.37. The predicted molar refractivity (Wildman–Crippen MR) is 81.3 cm³/mol. The fourth-order valence-corrected chi connectivity index (χ4v) is 2.21. The second-order valence-corrected chi connectivity index (χ2v) is 5.37. The average Bonchev–Trinajstić information content (AvgIpc) is 2.47. The Bertz CT molecular complexity index is 524. The van der Waals surface area contributed by atoms with Crippen LogP contribution in [0.4, 0.5) is 0 Å². The number of aromatic nitrogens is 1. The minimum Gasteiger partial charge on any atom is -0.387 e. The maximum absolute atomic E-state index is 10.5. The molecule has 20 heavy (non-hydrogen) atoms. The van der Waals surface area contributed by atoms with Gasteiger partial charge < -0.3 is 5.11 Å². The van der Waals surface area contributed by atoms with Gasteiger partial charge in [-0.05, 0) is 38.1 Å². The van der Waals surface area contributed by atoms with Crippen LogP contribution in [-0.4, -0.2) is 28.1 Å². The molecule has 0 aliphatic carbocycles. The third-order valence-electron chi connectivity index (χ3n) is 3.73. The molecule has 3 heteroatoms. The molecule has 0 saturated carbocycles. The van der Waals surface area contributed by atoms with E-state index in [1.807, 2.05) is 57.4 Å². The number of rotatable bonds is 5. The Morgan fingerprint density at radius 3 is 2.50 bits per heavy atom. The van der Waals surface area contributed by atoms with Gasteiger partial charge in [0, 0.05) is 25.0 Å². The van der Waals surface area contributed by atoms with Gasteiger partial charge >= 0.3 is 0 Å². The quantitative estimate of drug-likeness (QED) is 0.907. The Labute approximate surface area is 120 Å². The van der Waals surface area contributed by atoms with E-state index in [0.717, 1.165) is 17.7 Å². The number of benzene rings is 1. The van der Waals surface area contributed by atoms with Gasteiger partial charge in [-0.2, -0.15) is 0 Å². The fraction of sp³-hybridized carbons (Fsp3) is 0.353. The molecule has 1 N–H and O–H groups in total. The van der Waals surface area contributed by atoms with Crippen LogP contribution >= 0.6 is 0 Å². The first kappa shape index (κ1) is 14.7. The zero-order chi connectivity index (χ0) is 14.5. The minimum absolute atomic E-state index is 0.0397. The van der Waals surface area contributed by atoms with E-state index in [1.165, 1.54) is 5.56 Å². The van der Waals surface area contributed by atoms with Gasteiger partial charge in [0.05, 0.1) is 6.10 Å². The molecule has 2 unspecified atom stereocenters. The summed E-state index contributed by atoms with van der Waals surface area (Å²) in [5.41, 5.74) is 3.32. The third kappa shape index (κ3) is 3.65. The summed E-state index contributed by atoms with van der Waals surface area (Å²) < 4.78 is 0. The van der Waals surface area contributed by atoms with E-state index in [0.29, 0.717) is 0 Å². The minimum atomic E-state index is -0.489. The Hall–Kier alpha value is -1.71. The smallest absolute Gasteiger partial charge is 0.0942 e. The lowest BCUT2D eigenvalue weighted by atomic mass is 10.0. The molecule has 0 amide bonds. The monoisotopic (exact) mass is 270 g/mol. The molecule has 1 aromatic carbocycles. The fourth-order valence-electron chi connectivity index (χ4n) is 2.21. The van der Waals surface area contributed by atoms with E-state index in [2.05, 4.69) is 16.0 Å². The highest BCUT2D eigenvalue weighted by molar-refractivity contribution is 5.24. The maximum Gasteiger partial charge on any atom is 0.0942 e. The van der Waals surface area contributed by atoms with Crippen LogP contribution in [-0.2, 0) is 6.54 Å². The van der Waals surface area contributed by atoms with Gasteiger partial charge in [0.25, 0.3) is 0 Å². The summed E-state index contributed by atoms with van der Waals surface area (Å²) in [5, 5.41) is 10.5. The summed E-state index contributed by atoms with van der Waals surface area (Å²) in [4.78, 5) is 6.26. The van der Waals surface area contributed by atoms with E-state index < -0.39 is 6.10 Å². The van der Waals surface area contributed by atoms with Crippen LogP contribution in [0, 0.1) is 6.92 Å². The molecule has 2 rings (SSSR count). The Kier molecular flexibility index (Phi) is 4.88. The number of aliphatic hydroxyl groups excluding tert-OH is 1. The summed E-state index contributed by atoms with van der Waals surface area (Å²) in [6, 6.07) is 12.1. The number of pyridine rings is 1. The van der Waals surface area contributed by atoms with Crippen molar-refractivity contribution in [2.24, 2.45) is 0 Å². The maximum atomic E-state index is 10.5. The molecule has 0 aliphatic heterocycles. The van der Waals surface area contributed by atoms with Crippen molar-refractivity contribution in [3.63, 3.8) is 0 Å². The van der Waals surface area contributed by atoms with Crippen molar-refractivity contribution in [1.82, 2.24) is 9.88 Å². The van der Waals surface area contributed by atoms with Gasteiger partial charge in [0.1, 0.15) is 0 Å². The van der Waals surface area contributed by atoms with Crippen LogP contribution in [0.25, 0.3) is 0 Å². The zero-order valence-corrected chi connectivity index (χ0v) is 12.3. The summed E-state index contributed by atoms with van der Waals surface area (Å²) in [7, 11) is 2.02. The number of likely N-dealkylation sites (N-methyl/N-ethyl adjacent to an activating group) is 1.